The molecule has 0 aromatic heterocycles. The molecule has 2 aliphatic heterocycles. The van der Waals surface area contributed by atoms with E-state index >= 15 is 0 Å². The number of amides is 3. The first-order chi connectivity index (χ1) is 11.5. The predicted molar refractivity (Wildman–Crippen MR) is 97.7 cm³/mol. The van der Waals surface area contributed by atoms with Crippen LogP contribution in [-0.2, 0) is 14.4 Å². The number of anilines is 2. The molecule has 2 aliphatic rings. The Morgan fingerprint density at radius 3 is 2.68 bits per heavy atom. The highest BCUT2D eigenvalue weighted by molar-refractivity contribution is 6.10. The molecule has 0 aliphatic carbocycles. The smallest absolute Gasteiger partial charge is 0.244 e. The van der Waals surface area contributed by atoms with Crippen molar-refractivity contribution in [2.75, 3.05) is 29.9 Å². The van der Waals surface area contributed by atoms with Crippen molar-refractivity contribution in [2.24, 2.45) is 5.73 Å². The van der Waals surface area contributed by atoms with Gasteiger partial charge in [0.2, 0.25) is 17.7 Å². The molecule has 1 atom stereocenters. The summed E-state index contributed by atoms with van der Waals surface area (Å²) in [4.78, 5) is 39.7. The van der Waals surface area contributed by atoms with Gasteiger partial charge in [0.25, 0.3) is 0 Å². The lowest BCUT2D eigenvalue weighted by molar-refractivity contribution is -0.134. The topological polar surface area (TPSA) is 95.7 Å². The van der Waals surface area contributed by atoms with Crippen LogP contribution in [0.25, 0.3) is 0 Å². The van der Waals surface area contributed by atoms with Gasteiger partial charge in [-0.25, -0.2) is 0 Å². The van der Waals surface area contributed by atoms with Crippen molar-refractivity contribution >= 4 is 41.5 Å². The number of carbonyl (C=O) groups is 3. The number of hydrogen-bond acceptors (Lipinski definition) is 4. The Balaban J connectivity index is 0.00000225. The van der Waals surface area contributed by atoms with Crippen LogP contribution in [0.3, 0.4) is 0 Å². The minimum absolute atomic E-state index is 0. The van der Waals surface area contributed by atoms with Crippen molar-refractivity contribution in [1.29, 1.82) is 0 Å². The molecule has 136 valence electrons. The zero-order valence-electron chi connectivity index (χ0n) is 13.9. The fourth-order valence-electron chi connectivity index (χ4n) is 3.20. The van der Waals surface area contributed by atoms with E-state index in [2.05, 4.69) is 5.32 Å². The summed E-state index contributed by atoms with van der Waals surface area (Å²) in [6, 6.07) is 7.19. The third kappa shape index (κ3) is 4.49. The number of likely N-dealkylation sites (tertiary alicyclic amines) is 1. The maximum Gasteiger partial charge on any atom is 0.244 e. The molecule has 1 unspecified atom stereocenters. The number of nitrogens with zero attached hydrogens (tertiary/aromatic N) is 2. The van der Waals surface area contributed by atoms with Crippen LogP contribution in [0, 0.1) is 0 Å². The first-order valence-electron chi connectivity index (χ1n) is 8.27. The molecule has 0 saturated carbocycles. The molecular formula is C17H23ClN4O3. The second-order valence-electron chi connectivity index (χ2n) is 6.29. The molecule has 1 fully saturated rings. The molecule has 1 aromatic carbocycles. The van der Waals surface area contributed by atoms with Gasteiger partial charge in [-0.3, -0.25) is 14.4 Å². The second kappa shape index (κ2) is 8.31. The number of piperidine rings is 1. The van der Waals surface area contributed by atoms with Crippen molar-refractivity contribution in [3.63, 3.8) is 0 Å². The zero-order chi connectivity index (χ0) is 17.1. The highest BCUT2D eigenvalue weighted by Crippen LogP contribution is 2.29. The van der Waals surface area contributed by atoms with Gasteiger partial charge in [0, 0.05) is 32.0 Å². The Kier molecular flexibility index (Phi) is 6.39. The lowest BCUT2D eigenvalue weighted by Crippen LogP contribution is -2.46. The van der Waals surface area contributed by atoms with E-state index < -0.39 is 0 Å². The third-order valence-electron chi connectivity index (χ3n) is 4.43. The van der Waals surface area contributed by atoms with Gasteiger partial charge in [-0.2, -0.15) is 0 Å². The van der Waals surface area contributed by atoms with Crippen LogP contribution in [0.5, 0.6) is 0 Å². The Morgan fingerprint density at radius 1 is 1.20 bits per heavy atom. The van der Waals surface area contributed by atoms with E-state index in [0.29, 0.717) is 24.5 Å². The number of hydrogen-bond donors (Lipinski definition) is 2. The number of halogens is 1. The van der Waals surface area contributed by atoms with Gasteiger partial charge in [0.1, 0.15) is 6.54 Å². The fraction of sp³-hybridized carbons (Fsp3) is 0.471. The molecule has 3 N–H and O–H groups in total. The molecule has 3 amide bonds. The van der Waals surface area contributed by atoms with Crippen molar-refractivity contribution in [3.05, 3.63) is 24.3 Å². The fourth-order valence-corrected chi connectivity index (χ4v) is 3.20. The van der Waals surface area contributed by atoms with Gasteiger partial charge in [-0.15, -0.1) is 12.4 Å². The van der Waals surface area contributed by atoms with Crippen molar-refractivity contribution in [1.82, 2.24) is 4.90 Å². The van der Waals surface area contributed by atoms with Crippen LogP contribution in [0.15, 0.2) is 24.3 Å². The highest BCUT2D eigenvalue weighted by atomic mass is 35.5. The summed E-state index contributed by atoms with van der Waals surface area (Å²) in [6.45, 7) is 1.25. The van der Waals surface area contributed by atoms with Crippen LogP contribution in [0.1, 0.15) is 25.7 Å². The van der Waals surface area contributed by atoms with Crippen LogP contribution < -0.4 is 16.0 Å². The summed E-state index contributed by atoms with van der Waals surface area (Å²) in [5.41, 5.74) is 7.19. The summed E-state index contributed by atoms with van der Waals surface area (Å²) in [5, 5.41) is 2.74. The molecule has 0 spiro atoms. The monoisotopic (exact) mass is 366 g/mol. The number of rotatable bonds is 3. The lowest BCUT2D eigenvalue weighted by Gasteiger charge is -2.31. The van der Waals surface area contributed by atoms with Gasteiger partial charge in [-0.1, -0.05) is 12.1 Å². The average Bonchev–Trinajstić information content (AvgIpc) is 2.58. The van der Waals surface area contributed by atoms with Crippen molar-refractivity contribution < 1.29 is 14.4 Å². The highest BCUT2D eigenvalue weighted by Gasteiger charge is 2.28. The van der Waals surface area contributed by atoms with Gasteiger partial charge in [-0.05, 0) is 25.0 Å². The van der Waals surface area contributed by atoms with E-state index in [1.54, 1.807) is 23.1 Å². The van der Waals surface area contributed by atoms with Crippen molar-refractivity contribution in [3.8, 4) is 0 Å². The Hall–Kier alpha value is -2.12. The largest absolute Gasteiger partial charge is 0.341 e. The van der Waals surface area contributed by atoms with Crippen LogP contribution in [0.4, 0.5) is 11.4 Å². The number of para-hydroxylation sites is 2. The number of nitrogens with two attached hydrogens (primary N) is 1. The molecule has 2 heterocycles. The Bertz CT molecular complexity index is 667. The minimum atomic E-state index is -0.226. The molecule has 1 saturated heterocycles. The van der Waals surface area contributed by atoms with Crippen LogP contribution >= 0.6 is 12.4 Å². The minimum Gasteiger partial charge on any atom is -0.341 e. The third-order valence-corrected chi connectivity index (χ3v) is 4.43. The first-order valence-corrected chi connectivity index (χ1v) is 8.27. The summed E-state index contributed by atoms with van der Waals surface area (Å²) in [7, 11) is 0. The second-order valence-corrected chi connectivity index (χ2v) is 6.29. The molecule has 0 radical (unpaired) electrons. The normalized spacial score (nSPS) is 19.6. The standard InChI is InChI=1S/C17H22N4O3.ClH/c18-12-4-3-9-20(10-12)16(23)7-8-17(24)21-11-15(22)19-13-5-1-2-6-14(13)21;/h1-2,5-6,12H,3-4,7-11,18H2,(H,19,22);1H. The van der Waals surface area contributed by atoms with E-state index in [1.807, 2.05) is 6.07 Å². The lowest BCUT2D eigenvalue weighted by atomic mass is 10.1. The molecule has 7 nitrogen and oxygen atoms in total. The van der Waals surface area contributed by atoms with E-state index in [0.717, 1.165) is 12.8 Å². The molecule has 25 heavy (non-hydrogen) atoms. The van der Waals surface area contributed by atoms with E-state index in [4.69, 9.17) is 5.73 Å². The first kappa shape index (κ1) is 19.2. The van der Waals surface area contributed by atoms with Gasteiger partial charge in [0.05, 0.1) is 11.4 Å². The summed E-state index contributed by atoms with van der Waals surface area (Å²) < 4.78 is 0. The van der Waals surface area contributed by atoms with E-state index in [-0.39, 0.29) is 55.6 Å². The average molecular weight is 367 g/mol. The summed E-state index contributed by atoms with van der Waals surface area (Å²) in [6.07, 6.45) is 2.07. The maximum absolute atomic E-state index is 12.5. The van der Waals surface area contributed by atoms with E-state index in [1.165, 1.54) is 4.90 Å². The summed E-state index contributed by atoms with van der Waals surface area (Å²) >= 11 is 0. The van der Waals surface area contributed by atoms with Crippen LogP contribution in [0.2, 0.25) is 0 Å². The molecule has 0 bridgehead atoms. The van der Waals surface area contributed by atoms with Crippen LogP contribution in [-0.4, -0.2) is 48.3 Å². The molecule has 3 rings (SSSR count). The predicted octanol–water partition coefficient (Wildman–Crippen LogP) is 1.12. The van der Waals surface area contributed by atoms with E-state index in [9.17, 15) is 14.4 Å². The Labute approximate surface area is 152 Å². The van der Waals surface area contributed by atoms with Crippen molar-refractivity contribution in [2.45, 2.75) is 31.7 Å². The van der Waals surface area contributed by atoms with Gasteiger partial charge >= 0.3 is 0 Å². The quantitative estimate of drug-likeness (QED) is 0.838. The van der Waals surface area contributed by atoms with Gasteiger partial charge in [0.15, 0.2) is 0 Å². The molecule has 1 aromatic rings. The summed E-state index contributed by atoms with van der Waals surface area (Å²) in [5.74, 6) is -0.490. The van der Waals surface area contributed by atoms with Gasteiger partial charge < -0.3 is 20.9 Å². The SMILES string of the molecule is Cl.NC1CCCN(C(=O)CCC(=O)N2CC(=O)Nc3ccccc32)C1. The number of benzene rings is 1. The number of nitrogens with one attached hydrogen (secondary N) is 1. The maximum atomic E-state index is 12.5. The molecule has 8 heteroatoms. The zero-order valence-corrected chi connectivity index (χ0v) is 14.8. The molecular weight excluding hydrogens is 344 g/mol. The Morgan fingerprint density at radius 2 is 1.92 bits per heavy atom. The number of fused-ring (bicyclic) bond motifs is 1. The number of carbonyl (C=O) groups excluding carboxylic acids is 3.